The standard InChI is InChI=1S/C14H13N3O/c15-9-10-4-3-5-11(8-10)17-13-7-2-1-6-12(13)16-14(17)18/h1-8H,9,15H2,(H,16,18). The van der Waals surface area contributed by atoms with Gasteiger partial charge in [0.1, 0.15) is 0 Å². The lowest BCUT2D eigenvalue weighted by molar-refractivity contribution is 0.999. The SMILES string of the molecule is NCc1cccc(-n2c(=O)[nH]c3ccccc32)c1. The smallest absolute Gasteiger partial charge is 0.326 e. The molecule has 0 fully saturated rings. The Kier molecular flexibility index (Phi) is 2.50. The Labute approximate surface area is 104 Å². The molecule has 0 amide bonds. The average molecular weight is 239 g/mol. The molecule has 1 aromatic heterocycles. The first kappa shape index (κ1) is 10.8. The van der Waals surface area contributed by atoms with Gasteiger partial charge in [-0.2, -0.15) is 0 Å². The first-order valence-electron chi connectivity index (χ1n) is 5.79. The van der Waals surface area contributed by atoms with Crippen LogP contribution in [0.5, 0.6) is 0 Å². The highest BCUT2D eigenvalue weighted by Gasteiger charge is 2.07. The zero-order valence-electron chi connectivity index (χ0n) is 9.76. The van der Waals surface area contributed by atoms with Crippen LogP contribution in [0.1, 0.15) is 5.56 Å². The fraction of sp³-hybridized carbons (Fsp3) is 0.0714. The largest absolute Gasteiger partial charge is 0.331 e. The van der Waals surface area contributed by atoms with Crippen molar-refractivity contribution >= 4 is 11.0 Å². The highest BCUT2D eigenvalue weighted by Crippen LogP contribution is 2.15. The number of para-hydroxylation sites is 2. The van der Waals surface area contributed by atoms with E-state index in [1.807, 2.05) is 48.5 Å². The fourth-order valence-electron chi connectivity index (χ4n) is 2.13. The minimum absolute atomic E-state index is 0.134. The molecule has 4 heteroatoms. The fourth-order valence-corrected chi connectivity index (χ4v) is 2.13. The van der Waals surface area contributed by atoms with Crippen LogP contribution in [-0.4, -0.2) is 9.55 Å². The van der Waals surface area contributed by atoms with Gasteiger partial charge in [-0.3, -0.25) is 4.57 Å². The predicted octanol–water partition coefficient (Wildman–Crippen LogP) is 1.78. The van der Waals surface area contributed by atoms with Crippen LogP contribution >= 0.6 is 0 Å². The molecule has 3 rings (SSSR count). The van der Waals surface area contributed by atoms with Gasteiger partial charge in [-0.25, -0.2) is 4.79 Å². The summed E-state index contributed by atoms with van der Waals surface area (Å²) in [6.45, 7) is 0.463. The zero-order valence-corrected chi connectivity index (χ0v) is 9.76. The van der Waals surface area contributed by atoms with Gasteiger partial charge in [0.2, 0.25) is 0 Å². The van der Waals surface area contributed by atoms with E-state index in [9.17, 15) is 4.79 Å². The normalized spacial score (nSPS) is 10.9. The van der Waals surface area contributed by atoms with Gasteiger partial charge in [-0.05, 0) is 29.8 Å². The quantitative estimate of drug-likeness (QED) is 0.716. The maximum absolute atomic E-state index is 12.0. The van der Waals surface area contributed by atoms with Gasteiger partial charge in [0.05, 0.1) is 16.7 Å². The summed E-state index contributed by atoms with van der Waals surface area (Å²) in [6.07, 6.45) is 0. The molecule has 4 nitrogen and oxygen atoms in total. The summed E-state index contributed by atoms with van der Waals surface area (Å²) < 4.78 is 1.66. The molecule has 0 aliphatic heterocycles. The summed E-state index contributed by atoms with van der Waals surface area (Å²) in [5.41, 5.74) is 9.04. The first-order chi connectivity index (χ1) is 8.79. The van der Waals surface area contributed by atoms with E-state index in [1.54, 1.807) is 4.57 Å². The number of nitrogens with zero attached hydrogens (tertiary/aromatic N) is 1. The van der Waals surface area contributed by atoms with Crippen molar-refractivity contribution in [2.24, 2.45) is 5.73 Å². The summed E-state index contributed by atoms with van der Waals surface area (Å²) in [6, 6.07) is 15.3. The first-order valence-corrected chi connectivity index (χ1v) is 5.79. The second-order valence-corrected chi connectivity index (χ2v) is 4.16. The molecule has 0 aliphatic rings. The van der Waals surface area contributed by atoms with Crippen LogP contribution < -0.4 is 11.4 Å². The van der Waals surface area contributed by atoms with Crippen molar-refractivity contribution in [3.05, 3.63) is 64.6 Å². The van der Waals surface area contributed by atoms with E-state index >= 15 is 0 Å². The summed E-state index contributed by atoms with van der Waals surface area (Å²) in [5, 5.41) is 0. The molecule has 0 aliphatic carbocycles. The summed E-state index contributed by atoms with van der Waals surface area (Å²) in [4.78, 5) is 14.9. The summed E-state index contributed by atoms with van der Waals surface area (Å²) in [5.74, 6) is 0. The van der Waals surface area contributed by atoms with E-state index in [0.29, 0.717) is 6.54 Å². The Morgan fingerprint density at radius 2 is 1.94 bits per heavy atom. The van der Waals surface area contributed by atoms with Gasteiger partial charge in [-0.1, -0.05) is 24.3 Å². The molecular formula is C14H13N3O. The topological polar surface area (TPSA) is 63.8 Å². The van der Waals surface area contributed by atoms with Gasteiger partial charge in [-0.15, -0.1) is 0 Å². The van der Waals surface area contributed by atoms with E-state index < -0.39 is 0 Å². The molecule has 90 valence electrons. The maximum atomic E-state index is 12.0. The third-order valence-electron chi connectivity index (χ3n) is 2.99. The van der Waals surface area contributed by atoms with E-state index in [2.05, 4.69) is 4.98 Å². The van der Waals surface area contributed by atoms with E-state index in [1.165, 1.54) is 0 Å². The van der Waals surface area contributed by atoms with Crippen molar-refractivity contribution in [1.29, 1.82) is 0 Å². The number of rotatable bonds is 2. The van der Waals surface area contributed by atoms with Crippen LogP contribution in [0.2, 0.25) is 0 Å². The number of benzene rings is 2. The number of hydrogen-bond donors (Lipinski definition) is 2. The van der Waals surface area contributed by atoms with E-state index in [0.717, 1.165) is 22.3 Å². The molecular weight excluding hydrogens is 226 g/mol. The minimum Gasteiger partial charge on any atom is -0.326 e. The highest BCUT2D eigenvalue weighted by molar-refractivity contribution is 5.77. The van der Waals surface area contributed by atoms with Crippen molar-refractivity contribution in [3.63, 3.8) is 0 Å². The molecule has 2 aromatic carbocycles. The Morgan fingerprint density at radius 1 is 1.11 bits per heavy atom. The van der Waals surface area contributed by atoms with Gasteiger partial charge >= 0.3 is 5.69 Å². The molecule has 0 saturated heterocycles. The predicted molar refractivity (Wildman–Crippen MR) is 71.8 cm³/mol. The van der Waals surface area contributed by atoms with Crippen molar-refractivity contribution in [2.75, 3.05) is 0 Å². The molecule has 0 atom stereocenters. The number of aromatic amines is 1. The van der Waals surface area contributed by atoms with E-state index in [-0.39, 0.29) is 5.69 Å². The van der Waals surface area contributed by atoms with Crippen LogP contribution in [0, 0.1) is 0 Å². The van der Waals surface area contributed by atoms with Crippen LogP contribution in [0.25, 0.3) is 16.7 Å². The Hall–Kier alpha value is -2.33. The third kappa shape index (κ3) is 1.63. The lowest BCUT2D eigenvalue weighted by atomic mass is 10.2. The lowest BCUT2D eigenvalue weighted by Crippen LogP contribution is -2.14. The number of H-pyrrole nitrogens is 1. The Bertz CT molecular complexity index is 755. The van der Waals surface area contributed by atoms with Crippen LogP contribution in [0.4, 0.5) is 0 Å². The number of nitrogens with one attached hydrogen (secondary N) is 1. The molecule has 3 N–H and O–H groups in total. The van der Waals surface area contributed by atoms with Gasteiger partial charge < -0.3 is 10.7 Å². The van der Waals surface area contributed by atoms with Gasteiger partial charge in [0.15, 0.2) is 0 Å². The van der Waals surface area contributed by atoms with Crippen LogP contribution in [0.15, 0.2) is 53.3 Å². The highest BCUT2D eigenvalue weighted by atomic mass is 16.1. The van der Waals surface area contributed by atoms with E-state index in [4.69, 9.17) is 5.73 Å². The number of hydrogen-bond acceptors (Lipinski definition) is 2. The van der Waals surface area contributed by atoms with Crippen LogP contribution in [-0.2, 0) is 6.54 Å². The average Bonchev–Trinajstić information content (AvgIpc) is 2.74. The third-order valence-corrected chi connectivity index (χ3v) is 2.99. The molecule has 3 aromatic rings. The molecule has 1 heterocycles. The second kappa shape index (κ2) is 4.16. The molecule has 0 saturated carbocycles. The number of nitrogens with two attached hydrogens (primary N) is 1. The van der Waals surface area contributed by atoms with Crippen molar-refractivity contribution in [2.45, 2.75) is 6.54 Å². The number of imidazole rings is 1. The number of aromatic nitrogens is 2. The Morgan fingerprint density at radius 3 is 2.78 bits per heavy atom. The molecule has 18 heavy (non-hydrogen) atoms. The van der Waals surface area contributed by atoms with Crippen molar-refractivity contribution < 1.29 is 0 Å². The zero-order chi connectivity index (χ0) is 12.5. The monoisotopic (exact) mass is 239 g/mol. The van der Waals surface area contributed by atoms with Crippen molar-refractivity contribution in [1.82, 2.24) is 9.55 Å². The van der Waals surface area contributed by atoms with Crippen LogP contribution in [0.3, 0.4) is 0 Å². The molecule has 0 unspecified atom stereocenters. The van der Waals surface area contributed by atoms with Crippen molar-refractivity contribution in [3.8, 4) is 5.69 Å². The Balaban J connectivity index is 2.30. The van der Waals surface area contributed by atoms with Gasteiger partial charge in [0, 0.05) is 6.54 Å². The lowest BCUT2D eigenvalue weighted by Gasteiger charge is -2.05. The molecule has 0 radical (unpaired) electrons. The minimum atomic E-state index is -0.134. The van der Waals surface area contributed by atoms with Gasteiger partial charge in [0.25, 0.3) is 0 Å². The maximum Gasteiger partial charge on any atom is 0.331 e. The molecule has 0 bridgehead atoms. The molecule has 0 spiro atoms. The summed E-state index contributed by atoms with van der Waals surface area (Å²) in [7, 11) is 0. The second-order valence-electron chi connectivity index (χ2n) is 4.16. The number of fused-ring (bicyclic) bond motifs is 1. The summed E-state index contributed by atoms with van der Waals surface area (Å²) >= 11 is 0.